The maximum Gasteiger partial charge on any atom is 0.123 e. The van der Waals surface area contributed by atoms with Gasteiger partial charge in [0.05, 0.1) is 19.3 Å². The maximum absolute atomic E-state index is 5.87. The Hall–Kier alpha value is -0.800. The Labute approximate surface area is 89.8 Å². The third-order valence-corrected chi connectivity index (χ3v) is 3.39. The third-order valence-electron chi connectivity index (χ3n) is 3.39. The van der Waals surface area contributed by atoms with Gasteiger partial charge < -0.3 is 14.5 Å². The molecule has 2 heterocycles. The zero-order valence-electron chi connectivity index (χ0n) is 9.03. The predicted octanol–water partition coefficient (Wildman–Crippen LogP) is 2.06. The molecule has 15 heavy (non-hydrogen) atoms. The minimum absolute atomic E-state index is 0.251. The number of rotatable bonds is 2. The Kier molecular flexibility index (Phi) is 2.29. The summed E-state index contributed by atoms with van der Waals surface area (Å²) in [4.78, 5) is 0. The topological polar surface area (TPSA) is 34.4 Å². The fourth-order valence-corrected chi connectivity index (χ4v) is 2.22. The number of morpholine rings is 1. The molecule has 82 valence electrons. The van der Waals surface area contributed by atoms with E-state index in [0.29, 0.717) is 5.92 Å². The van der Waals surface area contributed by atoms with Gasteiger partial charge in [-0.1, -0.05) is 6.92 Å². The van der Waals surface area contributed by atoms with E-state index in [1.165, 1.54) is 6.42 Å². The van der Waals surface area contributed by atoms with Gasteiger partial charge in [-0.05, 0) is 24.5 Å². The van der Waals surface area contributed by atoms with Gasteiger partial charge in [0.25, 0.3) is 0 Å². The Balaban J connectivity index is 1.72. The van der Waals surface area contributed by atoms with Gasteiger partial charge in [-0.15, -0.1) is 0 Å². The van der Waals surface area contributed by atoms with E-state index < -0.39 is 0 Å². The highest BCUT2D eigenvalue weighted by molar-refractivity contribution is 5.19. The molecule has 0 bridgehead atoms. The second kappa shape index (κ2) is 3.65. The highest BCUT2D eigenvalue weighted by Crippen LogP contribution is 2.47. The molecular formula is C12H17NO2. The fourth-order valence-electron chi connectivity index (χ4n) is 2.22. The van der Waals surface area contributed by atoms with Gasteiger partial charge in [0.15, 0.2) is 0 Å². The lowest BCUT2D eigenvalue weighted by Crippen LogP contribution is -2.34. The summed E-state index contributed by atoms with van der Waals surface area (Å²) in [7, 11) is 0. The second-order valence-corrected chi connectivity index (χ2v) is 4.64. The second-order valence-electron chi connectivity index (χ2n) is 4.64. The van der Waals surface area contributed by atoms with Crippen LogP contribution >= 0.6 is 0 Å². The molecule has 0 spiro atoms. The maximum atomic E-state index is 5.87. The highest BCUT2D eigenvalue weighted by atomic mass is 16.5. The van der Waals surface area contributed by atoms with Gasteiger partial charge in [-0.25, -0.2) is 0 Å². The molecule has 3 unspecified atom stereocenters. The Morgan fingerprint density at radius 1 is 1.33 bits per heavy atom. The first-order chi connectivity index (χ1) is 7.34. The zero-order chi connectivity index (χ0) is 10.3. The van der Waals surface area contributed by atoms with Crippen LogP contribution in [0.15, 0.2) is 16.5 Å². The van der Waals surface area contributed by atoms with Gasteiger partial charge in [0.2, 0.25) is 0 Å². The zero-order valence-corrected chi connectivity index (χ0v) is 9.03. The lowest BCUT2D eigenvalue weighted by atomic mass is 10.2. The van der Waals surface area contributed by atoms with Crippen LogP contribution in [-0.2, 0) is 4.74 Å². The van der Waals surface area contributed by atoms with Crippen molar-refractivity contribution in [2.45, 2.75) is 25.3 Å². The van der Waals surface area contributed by atoms with Crippen LogP contribution in [0.25, 0.3) is 0 Å². The summed E-state index contributed by atoms with van der Waals surface area (Å²) in [6.07, 6.45) is 1.28. The molecule has 1 N–H and O–H groups in total. The smallest absolute Gasteiger partial charge is 0.123 e. The average molecular weight is 207 g/mol. The standard InChI is InChI=1S/C12H17NO2/c1-8-6-9(8)11-2-3-12(15-11)10-7-14-5-4-13-10/h2-3,8-10,13H,4-7H2,1H3. The monoisotopic (exact) mass is 207 g/mol. The van der Waals surface area contributed by atoms with Crippen molar-refractivity contribution in [3.8, 4) is 0 Å². The molecule has 0 aromatic carbocycles. The van der Waals surface area contributed by atoms with Crippen molar-refractivity contribution < 1.29 is 9.15 Å². The SMILES string of the molecule is CC1CC1c1ccc(C2COCCN2)o1. The van der Waals surface area contributed by atoms with E-state index >= 15 is 0 Å². The Morgan fingerprint density at radius 3 is 2.80 bits per heavy atom. The summed E-state index contributed by atoms with van der Waals surface area (Å²) >= 11 is 0. The summed E-state index contributed by atoms with van der Waals surface area (Å²) in [6, 6.07) is 4.47. The third kappa shape index (κ3) is 1.82. The van der Waals surface area contributed by atoms with E-state index in [4.69, 9.17) is 9.15 Å². The number of ether oxygens (including phenoxy) is 1. The first-order valence-electron chi connectivity index (χ1n) is 5.75. The molecule has 1 aliphatic carbocycles. The van der Waals surface area contributed by atoms with Crippen molar-refractivity contribution in [1.82, 2.24) is 5.32 Å². The van der Waals surface area contributed by atoms with Crippen LogP contribution in [0, 0.1) is 5.92 Å². The summed E-state index contributed by atoms with van der Waals surface area (Å²) in [5.74, 6) is 3.66. The van der Waals surface area contributed by atoms with E-state index in [-0.39, 0.29) is 6.04 Å². The van der Waals surface area contributed by atoms with Crippen molar-refractivity contribution in [2.24, 2.45) is 5.92 Å². The summed E-state index contributed by atoms with van der Waals surface area (Å²) < 4.78 is 11.3. The lowest BCUT2D eigenvalue weighted by Gasteiger charge is -2.21. The van der Waals surface area contributed by atoms with Crippen molar-refractivity contribution in [1.29, 1.82) is 0 Å². The van der Waals surface area contributed by atoms with Crippen molar-refractivity contribution in [2.75, 3.05) is 19.8 Å². The van der Waals surface area contributed by atoms with Gasteiger partial charge in [-0.2, -0.15) is 0 Å². The molecule has 1 saturated heterocycles. The molecule has 2 fully saturated rings. The fraction of sp³-hybridized carbons (Fsp3) is 0.667. The minimum Gasteiger partial charge on any atom is -0.464 e. The molecule has 0 amide bonds. The highest BCUT2D eigenvalue weighted by Gasteiger charge is 2.37. The van der Waals surface area contributed by atoms with Crippen LogP contribution in [0.2, 0.25) is 0 Å². The van der Waals surface area contributed by atoms with E-state index in [1.54, 1.807) is 0 Å². The number of nitrogens with one attached hydrogen (secondary N) is 1. The molecule has 3 heteroatoms. The molecule has 1 saturated carbocycles. The van der Waals surface area contributed by atoms with E-state index in [2.05, 4.69) is 24.4 Å². The van der Waals surface area contributed by atoms with Gasteiger partial charge in [0, 0.05) is 12.5 Å². The van der Waals surface area contributed by atoms with Crippen LogP contribution < -0.4 is 5.32 Å². The molecule has 3 atom stereocenters. The number of hydrogen-bond acceptors (Lipinski definition) is 3. The molecule has 1 aromatic heterocycles. The Bertz CT molecular complexity index is 341. The number of hydrogen-bond donors (Lipinski definition) is 1. The molecule has 3 rings (SSSR count). The molecule has 1 aromatic rings. The largest absolute Gasteiger partial charge is 0.464 e. The van der Waals surface area contributed by atoms with Crippen LogP contribution in [0.4, 0.5) is 0 Å². The van der Waals surface area contributed by atoms with Crippen LogP contribution in [-0.4, -0.2) is 19.8 Å². The van der Waals surface area contributed by atoms with E-state index in [9.17, 15) is 0 Å². The lowest BCUT2D eigenvalue weighted by molar-refractivity contribution is 0.0695. The van der Waals surface area contributed by atoms with E-state index in [0.717, 1.165) is 37.2 Å². The summed E-state index contributed by atoms with van der Waals surface area (Å²) in [5.41, 5.74) is 0. The van der Waals surface area contributed by atoms with Gasteiger partial charge in [0.1, 0.15) is 11.5 Å². The minimum atomic E-state index is 0.251. The summed E-state index contributed by atoms with van der Waals surface area (Å²) in [6.45, 7) is 4.73. The van der Waals surface area contributed by atoms with Crippen LogP contribution in [0.5, 0.6) is 0 Å². The number of furan rings is 1. The van der Waals surface area contributed by atoms with Crippen LogP contribution in [0.3, 0.4) is 0 Å². The molecule has 0 radical (unpaired) electrons. The summed E-state index contributed by atoms with van der Waals surface area (Å²) in [5, 5.41) is 3.40. The van der Waals surface area contributed by atoms with Gasteiger partial charge >= 0.3 is 0 Å². The first kappa shape index (κ1) is 9.43. The van der Waals surface area contributed by atoms with E-state index in [1.807, 2.05) is 0 Å². The Morgan fingerprint density at radius 2 is 2.13 bits per heavy atom. The van der Waals surface area contributed by atoms with Gasteiger partial charge in [-0.3, -0.25) is 0 Å². The average Bonchev–Trinajstić information content (AvgIpc) is 2.83. The van der Waals surface area contributed by atoms with Crippen molar-refractivity contribution >= 4 is 0 Å². The predicted molar refractivity (Wildman–Crippen MR) is 56.8 cm³/mol. The van der Waals surface area contributed by atoms with Crippen molar-refractivity contribution in [3.05, 3.63) is 23.7 Å². The first-order valence-corrected chi connectivity index (χ1v) is 5.75. The molecule has 1 aliphatic heterocycles. The quantitative estimate of drug-likeness (QED) is 0.806. The molecule has 3 nitrogen and oxygen atoms in total. The van der Waals surface area contributed by atoms with Crippen molar-refractivity contribution in [3.63, 3.8) is 0 Å². The molecular weight excluding hydrogens is 190 g/mol. The normalized spacial score (nSPS) is 35.4. The molecule has 2 aliphatic rings. The van der Waals surface area contributed by atoms with Crippen LogP contribution in [0.1, 0.15) is 36.8 Å².